The Kier molecular flexibility index (Phi) is 3.22. The van der Waals surface area contributed by atoms with Gasteiger partial charge < -0.3 is 15.8 Å². The highest BCUT2D eigenvalue weighted by molar-refractivity contribution is 9.10. The van der Waals surface area contributed by atoms with Crippen LogP contribution in [-0.4, -0.2) is 29.6 Å². The molecule has 1 aliphatic rings. The van der Waals surface area contributed by atoms with E-state index in [4.69, 9.17) is 10.5 Å². The van der Waals surface area contributed by atoms with Crippen molar-refractivity contribution >= 4 is 27.5 Å². The molecular weight excluding hydrogens is 274 g/mol. The Bertz CT molecular complexity index is 388. The third-order valence-electron chi connectivity index (χ3n) is 2.49. The number of nitrogens with two attached hydrogens (primary N) is 1. The molecule has 1 aromatic heterocycles. The summed E-state index contributed by atoms with van der Waals surface area (Å²) < 4.78 is 5.85. The predicted molar refractivity (Wildman–Crippen MR) is 62.9 cm³/mol. The van der Waals surface area contributed by atoms with Gasteiger partial charge in [0.1, 0.15) is 10.1 Å². The maximum Gasteiger partial charge on any atom is 0.246 e. The smallest absolute Gasteiger partial charge is 0.246 e. The topological polar surface area (TPSA) is 77.2 Å². The minimum absolute atomic E-state index is 0.228. The van der Waals surface area contributed by atoms with Gasteiger partial charge in [0.15, 0.2) is 0 Å². The van der Waals surface area contributed by atoms with E-state index in [1.165, 1.54) is 0 Å². The minimum Gasteiger partial charge on any atom is -0.379 e. The molecule has 1 fully saturated rings. The molecule has 0 spiro atoms. The molecule has 1 unspecified atom stereocenters. The number of carbonyl (C=O) groups is 1. The van der Waals surface area contributed by atoms with E-state index < -0.39 is 5.54 Å². The van der Waals surface area contributed by atoms with E-state index in [-0.39, 0.29) is 12.5 Å². The molecule has 86 valence electrons. The molecule has 2 rings (SSSR count). The molecule has 0 saturated carbocycles. The molecule has 0 aliphatic carbocycles. The summed E-state index contributed by atoms with van der Waals surface area (Å²) in [5.41, 5.74) is 5.63. The number of nitrogens with zero attached hydrogens (tertiary/aromatic N) is 1. The van der Waals surface area contributed by atoms with Crippen LogP contribution in [-0.2, 0) is 9.53 Å². The number of rotatable bonds is 2. The van der Waals surface area contributed by atoms with E-state index >= 15 is 0 Å². The molecule has 0 bridgehead atoms. The van der Waals surface area contributed by atoms with Crippen molar-refractivity contribution in [3.8, 4) is 0 Å². The molecule has 1 aliphatic heterocycles. The number of amides is 1. The van der Waals surface area contributed by atoms with Crippen LogP contribution in [0, 0.1) is 0 Å². The van der Waals surface area contributed by atoms with E-state index in [1.54, 1.807) is 18.3 Å². The van der Waals surface area contributed by atoms with Crippen LogP contribution in [0.2, 0.25) is 0 Å². The van der Waals surface area contributed by atoms with E-state index in [0.29, 0.717) is 18.7 Å². The van der Waals surface area contributed by atoms with Crippen molar-refractivity contribution in [3.05, 3.63) is 22.9 Å². The Morgan fingerprint density at radius 2 is 2.44 bits per heavy atom. The average Bonchev–Trinajstić information content (AvgIpc) is 2.70. The average molecular weight is 286 g/mol. The van der Waals surface area contributed by atoms with Crippen molar-refractivity contribution in [1.29, 1.82) is 0 Å². The summed E-state index contributed by atoms with van der Waals surface area (Å²) in [7, 11) is 0. The summed E-state index contributed by atoms with van der Waals surface area (Å²) in [6.07, 6.45) is 2.12. The number of hydrogen-bond donors (Lipinski definition) is 2. The van der Waals surface area contributed by atoms with E-state index in [1.807, 2.05) is 0 Å². The molecule has 0 radical (unpaired) electrons. The molecule has 0 aromatic carbocycles. The van der Waals surface area contributed by atoms with Crippen LogP contribution in [0.25, 0.3) is 0 Å². The highest BCUT2D eigenvalue weighted by atomic mass is 79.9. The molecule has 5 nitrogen and oxygen atoms in total. The normalized spacial score (nSPS) is 24.4. The van der Waals surface area contributed by atoms with E-state index in [0.717, 1.165) is 4.60 Å². The zero-order valence-corrected chi connectivity index (χ0v) is 10.2. The van der Waals surface area contributed by atoms with Gasteiger partial charge in [-0.2, -0.15) is 0 Å². The first-order valence-electron chi connectivity index (χ1n) is 4.90. The third-order valence-corrected chi connectivity index (χ3v) is 2.96. The number of hydrogen-bond acceptors (Lipinski definition) is 4. The van der Waals surface area contributed by atoms with Crippen LogP contribution in [0.15, 0.2) is 22.9 Å². The quantitative estimate of drug-likeness (QED) is 0.792. The Hall–Kier alpha value is -0.980. The highest BCUT2D eigenvalue weighted by Gasteiger charge is 2.38. The summed E-state index contributed by atoms with van der Waals surface area (Å²) >= 11 is 3.22. The first kappa shape index (κ1) is 11.5. The molecule has 1 saturated heterocycles. The van der Waals surface area contributed by atoms with Gasteiger partial charge >= 0.3 is 0 Å². The molecule has 6 heteroatoms. The van der Waals surface area contributed by atoms with Gasteiger partial charge in [0.2, 0.25) is 5.91 Å². The van der Waals surface area contributed by atoms with Gasteiger partial charge in [0.05, 0.1) is 18.5 Å². The first-order valence-corrected chi connectivity index (χ1v) is 5.69. The minimum atomic E-state index is -0.910. The number of anilines is 1. The third kappa shape index (κ3) is 2.40. The Morgan fingerprint density at radius 3 is 3.00 bits per heavy atom. The lowest BCUT2D eigenvalue weighted by atomic mass is 9.99. The lowest BCUT2D eigenvalue weighted by Gasteiger charge is -2.20. The number of carbonyl (C=O) groups excluding carboxylic acids is 1. The molecule has 1 atom stereocenters. The standard InChI is InChI=1S/C10H12BrN3O2/c11-8-2-1-7(5-13-8)14-9(15)10(12)3-4-16-6-10/h1-2,5H,3-4,6,12H2,(H,14,15). The zero-order chi connectivity index (χ0) is 11.6. The number of aromatic nitrogens is 1. The van der Waals surface area contributed by atoms with Gasteiger partial charge in [-0.1, -0.05) is 0 Å². The summed E-state index contributed by atoms with van der Waals surface area (Å²) in [4.78, 5) is 15.9. The van der Waals surface area contributed by atoms with Crippen LogP contribution in [0.3, 0.4) is 0 Å². The largest absolute Gasteiger partial charge is 0.379 e. The second kappa shape index (κ2) is 4.48. The van der Waals surface area contributed by atoms with Crippen molar-refractivity contribution in [1.82, 2.24) is 4.98 Å². The number of ether oxygens (including phenoxy) is 1. The lowest BCUT2D eigenvalue weighted by Crippen LogP contribution is -2.51. The van der Waals surface area contributed by atoms with Crippen molar-refractivity contribution in [2.75, 3.05) is 18.5 Å². The maximum atomic E-state index is 11.9. The Morgan fingerprint density at radius 1 is 1.62 bits per heavy atom. The van der Waals surface area contributed by atoms with E-state index in [2.05, 4.69) is 26.2 Å². The van der Waals surface area contributed by atoms with E-state index in [9.17, 15) is 4.79 Å². The molecule has 2 heterocycles. The summed E-state index contributed by atoms with van der Waals surface area (Å²) in [6, 6.07) is 3.51. The van der Waals surface area contributed by atoms with Gasteiger partial charge in [-0.15, -0.1) is 0 Å². The van der Waals surface area contributed by atoms with Gasteiger partial charge in [-0.3, -0.25) is 4.79 Å². The summed E-state index contributed by atoms with van der Waals surface area (Å²) in [6.45, 7) is 0.797. The maximum absolute atomic E-state index is 11.9. The number of pyridine rings is 1. The fraction of sp³-hybridized carbons (Fsp3) is 0.400. The fourth-order valence-corrected chi connectivity index (χ4v) is 1.70. The Labute approximate surface area is 102 Å². The van der Waals surface area contributed by atoms with Crippen molar-refractivity contribution in [3.63, 3.8) is 0 Å². The highest BCUT2D eigenvalue weighted by Crippen LogP contribution is 2.18. The molecular formula is C10H12BrN3O2. The molecule has 16 heavy (non-hydrogen) atoms. The van der Waals surface area contributed by atoms with Gasteiger partial charge in [0, 0.05) is 6.61 Å². The van der Waals surface area contributed by atoms with Crippen LogP contribution in [0.1, 0.15) is 6.42 Å². The molecule has 3 N–H and O–H groups in total. The lowest BCUT2D eigenvalue weighted by molar-refractivity contribution is -0.121. The summed E-state index contributed by atoms with van der Waals surface area (Å²) in [5.74, 6) is -0.228. The second-order valence-electron chi connectivity index (χ2n) is 3.78. The van der Waals surface area contributed by atoms with Crippen molar-refractivity contribution in [2.24, 2.45) is 5.73 Å². The monoisotopic (exact) mass is 285 g/mol. The first-order chi connectivity index (χ1) is 7.60. The van der Waals surface area contributed by atoms with Crippen LogP contribution < -0.4 is 11.1 Å². The van der Waals surface area contributed by atoms with Gasteiger partial charge in [0.25, 0.3) is 0 Å². The van der Waals surface area contributed by atoms with Gasteiger partial charge in [-0.05, 0) is 34.5 Å². The van der Waals surface area contributed by atoms with Crippen LogP contribution >= 0.6 is 15.9 Å². The second-order valence-corrected chi connectivity index (χ2v) is 4.59. The number of halogens is 1. The zero-order valence-electron chi connectivity index (χ0n) is 8.57. The SMILES string of the molecule is NC1(C(=O)Nc2ccc(Br)nc2)CCOC1. The fourth-order valence-electron chi connectivity index (χ4n) is 1.47. The van der Waals surface area contributed by atoms with Crippen molar-refractivity contribution < 1.29 is 9.53 Å². The number of nitrogens with one attached hydrogen (secondary N) is 1. The Balaban J connectivity index is 2.04. The van der Waals surface area contributed by atoms with Gasteiger partial charge in [-0.25, -0.2) is 4.98 Å². The molecule has 1 aromatic rings. The van der Waals surface area contributed by atoms with Crippen LogP contribution in [0.5, 0.6) is 0 Å². The summed E-state index contributed by atoms with van der Waals surface area (Å²) in [5, 5.41) is 2.72. The van der Waals surface area contributed by atoms with Crippen molar-refractivity contribution in [2.45, 2.75) is 12.0 Å². The predicted octanol–water partition coefficient (Wildman–Crippen LogP) is 0.900. The molecule has 1 amide bonds. The van der Waals surface area contributed by atoms with Crippen LogP contribution in [0.4, 0.5) is 5.69 Å².